The number of hydrazone groups is 1. The molecule has 2 unspecified atom stereocenters. The molecule has 1 fully saturated rings. The smallest absolute Gasteiger partial charge is 0.262 e. The average molecular weight is 408 g/mol. The number of hydrogen-bond donors (Lipinski definition) is 2. The van der Waals surface area contributed by atoms with Gasteiger partial charge in [-0.1, -0.05) is 18.2 Å². The molecule has 3 aliphatic rings. The predicted octanol–water partition coefficient (Wildman–Crippen LogP) is 3.38. The first kappa shape index (κ1) is 19.1. The molecule has 5 rings (SSSR count). The van der Waals surface area contributed by atoms with Crippen molar-refractivity contribution in [3.63, 3.8) is 0 Å². The summed E-state index contributed by atoms with van der Waals surface area (Å²) in [5, 5.41) is 7.64. The number of amides is 1. The molecule has 2 aromatic carbocycles. The van der Waals surface area contributed by atoms with Crippen molar-refractivity contribution in [3.8, 4) is 16.9 Å². The van der Waals surface area contributed by atoms with E-state index >= 15 is 0 Å². The highest BCUT2D eigenvalue weighted by Gasteiger charge is 2.36. The molecule has 0 aromatic heterocycles. The number of carbonyl (C=O) groups is 1. The summed E-state index contributed by atoms with van der Waals surface area (Å²) in [5.74, 6) is 1.25. The van der Waals surface area contributed by atoms with Crippen LogP contribution < -0.4 is 20.4 Å². The van der Waals surface area contributed by atoms with Gasteiger partial charge in [-0.2, -0.15) is 5.10 Å². The Morgan fingerprint density at radius 1 is 1.17 bits per heavy atom. The van der Waals surface area contributed by atoms with Crippen LogP contribution in [0.25, 0.3) is 11.1 Å². The zero-order valence-electron chi connectivity index (χ0n) is 17.0. The van der Waals surface area contributed by atoms with E-state index in [0.717, 1.165) is 49.2 Å². The summed E-state index contributed by atoms with van der Waals surface area (Å²) < 4.78 is 20.8. The van der Waals surface area contributed by atoms with E-state index in [1.54, 1.807) is 6.07 Å². The van der Waals surface area contributed by atoms with Crippen LogP contribution in [0.15, 0.2) is 41.5 Å². The Labute approximate surface area is 175 Å². The fraction of sp³-hybridized carbons (Fsp3) is 0.391. The highest BCUT2D eigenvalue weighted by atomic mass is 19.1. The largest absolute Gasteiger partial charge is 0.483 e. The van der Waals surface area contributed by atoms with Crippen molar-refractivity contribution in [2.75, 3.05) is 24.6 Å². The lowest BCUT2D eigenvalue weighted by Gasteiger charge is -2.39. The maximum Gasteiger partial charge on any atom is 0.262 e. The van der Waals surface area contributed by atoms with Crippen LogP contribution in [0.2, 0.25) is 0 Å². The number of benzene rings is 2. The second-order valence-corrected chi connectivity index (χ2v) is 8.10. The van der Waals surface area contributed by atoms with Crippen molar-refractivity contribution in [3.05, 3.63) is 47.8 Å². The van der Waals surface area contributed by atoms with E-state index in [4.69, 9.17) is 4.74 Å². The van der Waals surface area contributed by atoms with Crippen molar-refractivity contribution in [1.82, 2.24) is 10.7 Å². The Hall–Kier alpha value is -2.93. The number of rotatable bonds is 2. The number of nitrogens with zero attached hydrogens (tertiary/aromatic N) is 2. The van der Waals surface area contributed by atoms with Crippen LogP contribution in [0.3, 0.4) is 0 Å². The highest BCUT2D eigenvalue weighted by Crippen LogP contribution is 2.44. The van der Waals surface area contributed by atoms with Crippen LogP contribution in [-0.4, -0.2) is 37.5 Å². The molecule has 30 heavy (non-hydrogen) atoms. The van der Waals surface area contributed by atoms with Gasteiger partial charge in [0.1, 0.15) is 24.2 Å². The molecule has 0 bridgehead atoms. The van der Waals surface area contributed by atoms with Crippen molar-refractivity contribution in [2.45, 2.75) is 38.1 Å². The summed E-state index contributed by atoms with van der Waals surface area (Å²) in [6.45, 7) is 4.06. The maximum atomic E-state index is 14.8. The van der Waals surface area contributed by atoms with Crippen molar-refractivity contribution in [2.24, 2.45) is 5.10 Å². The van der Waals surface area contributed by atoms with Gasteiger partial charge in [-0.3, -0.25) is 4.79 Å². The third-order valence-corrected chi connectivity index (χ3v) is 6.27. The second kappa shape index (κ2) is 7.72. The van der Waals surface area contributed by atoms with Crippen LogP contribution in [0, 0.1) is 5.82 Å². The van der Waals surface area contributed by atoms with Gasteiger partial charge in [0.25, 0.3) is 5.91 Å². The summed E-state index contributed by atoms with van der Waals surface area (Å²) >= 11 is 0. The van der Waals surface area contributed by atoms with Gasteiger partial charge in [0.15, 0.2) is 5.84 Å². The van der Waals surface area contributed by atoms with Crippen molar-refractivity contribution < 1.29 is 13.9 Å². The van der Waals surface area contributed by atoms with E-state index in [-0.39, 0.29) is 24.4 Å². The molecular weight excluding hydrogens is 383 g/mol. The molecule has 0 saturated carbocycles. The van der Waals surface area contributed by atoms with E-state index in [1.165, 1.54) is 6.07 Å². The third-order valence-electron chi connectivity index (χ3n) is 6.27. The van der Waals surface area contributed by atoms with E-state index in [9.17, 15) is 9.18 Å². The van der Waals surface area contributed by atoms with Crippen LogP contribution >= 0.6 is 0 Å². The topological polar surface area (TPSA) is 66.0 Å². The molecule has 7 heteroatoms. The van der Waals surface area contributed by atoms with Gasteiger partial charge in [-0.05, 0) is 74.5 Å². The first-order chi connectivity index (χ1) is 14.6. The summed E-state index contributed by atoms with van der Waals surface area (Å²) in [5.41, 5.74) is 5.95. The molecule has 2 N–H and O–H groups in total. The first-order valence-corrected chi connectivity index (χ1v) is 10.6. The summed E-state index contributed by atoms with van der Waals surface area (Å²) in [6.07, 6.45) is 3.09. The number of carbonyl (C=O) groups excluding carboxylic acids is 1. The molecule has 2 atom stereocenters. The van der Waals surface area contributed by atoms with Crippen LogP contribution in [0.1, 0.15) is 37.7 Å². The first-order valence-electron chi connectivity index (χ1n) is 10.6. The fourth-order valence-corrected chi connectivity index (χ4v) is 4.67. The minimum atomic E-state index is -0.386. The quantitative estimate of drug-likeness (QED) is 0.800. The molecule has 6 nitrogen and oxygen atoms in total. The molecule has 3 aliphatic heterocycles. The number of halogens is 1. The molecule has 0 radical (unpaired) electrons. The van der Waals surface area contributed by atoms with Gasteiger partial charge >= 0.3 is 0 Å². The van der Waals surface area contributed by atoms with E-state index < -0.39 is 0 Å². The highest BCUT2D eigenvalue weighted by molar-refractivity contribution is 6.09. The molecule has 156 valence electrons. The SMILES string of the molecule is CC1C(=O)NN=C2COc3cc(-c4ccccc4F)c(C4CCCNCC4)cc3N21. The van der Waals surface area contributed by atoms with Crippen LogP contribution in [-0.2, 0) is 4.79 Å². The Morgan fingerprint density at radius 3 is 2.90 bits per heavy atom. The maximum absolute atomic E-state index is 14.8. The Bertz CT molecular complexity index is 1010. The van der Waals surface area contributed by atoms with Crippen LogP contribution in [0.4, 0.5) is 10.1 Å². The van der Waals surface area contributed by atoms with Gasteiger partial charge in [0, 0.05) is 5.56 Å². The predicted molar refractivity (Wildman–Crippen MR) is 114 cm³/mol. The van der Waals surface area contributed by atoms with Gasteiger partial charge in [0.2, 0.25) is 0 Å². The lowest BCUT2D eigenvalue weighted by molar-refractivity contribution is -0.122. The van der Waals surface area contributed by atoms with E-state index in [2.05, 4.69) is 21.9 Å². The van der Waals surface area contributed by atoms with E-state index in [0.29, 0.717) is 23.1 Å². The standard InChI is InChI=1S/C23H25FN4O2/c1-14-23(29)27-26-22-13-30-21-12-18(16-6-2-3-7-19(16)24)17(11-20(21)28(14)22)15-5-4-9-25-10-8-15/h2-3,6-7,11-12,14-15,25H,4-5,8-10,13H2,1H3,(H,27,29). The van der Waals surface area contributed by atoms with Gasteiger partial charge in [-0.15, -0.1) is 0 Å². The lowest BCUT2D eigenvalue weighted by Crippen LogP contribution is -2.55. The lowest BCUT2D eigenvalue weighted by atomic mass is 9.85. The fourth-order valence-electron chi connectivity index (χ4n) is 4.67. The van der Waals surface area contributed by atoms with Crippen LogP contribution in [0.5, 0.6) is 5.75 Å². The molecular formula is C23H25FN4O2. The normalized spacial score (nSPS) is 23.5. The molecule has 2 aromatic rings. The Balaban J connectivity index is 1.69. The molecule has 1 saturated heterocycles. The summed E-state index contributed by atoms with van der Waals surface area (Å²) in [4.78, 5) is 14.2. The molecule has 0 spiro atoms. The monoisotopic (exact) mass is 408 g/mol. The molecule has 1 amide bonds. The minimum absolute atomic E-state index is 0.148. The number of nitrogens with one attached hydrogen (secondary N) is 2. The number of fused-ring (bicyclic) bond motifs is 3. The number of anilines is 1. The average Bonchev–Trinajstić information content (AvgIpc) is 3.05. The molecule has 0 aliphatic carbocycles. The zero-order chi connectivity index (χ0) is 20.7. The van der Waals surface area contributed by atoms with Crippen molar-refractivity contribution in [1.29, 1.82) is 0 Å². The Morgan fingerprint density at radius 2 is 2.03 bits per heavy atom. The zero-order valence-corrected chi connectivity index (χ0v) is 17.0. The third kappa shape index (κ3) is 3.23. The minimum Gasteiger partial charge on any atom is -0.483 e. The van der Waals surface area contributed by atoms with Gasteiger partial charge < -0.3 is 15.0 Å². The number of ether oxygens (including phenoxy) is 1. The van der Waals surface area contributed by atoms with Gasteiger partial charge in [0.05, 0.1) is 5.69 Å². The number of amidine groups is 1. The summed E-state index contributed by atoms with van der Waals surface area (Å²) in [7, 11) is 0. The number of hydrogen-bond acceptors (Lipinski definition) is 5. The summed E-state index contributed by atoms with van der Waals surface area (Å²) in [6, 6.07) is 10.5. The Kier molecular flexibility index (Phi) is 4.90. The van der Waals surface area contributed by atoms with E-state index in [1.807, 2.05) is 30.0 Å². The molecule has 3 heterocycles. The van der Waals surface area contributed by atoms with Crippen molar-refractivity contribution >= 4 is 17.4 Å². The van der Waals surface area contributed by atoms with Gasteiger partial charge in [-0.25, -0.2) is 9.82 Å². The second-order valence-electron chi connectivity index (χ2n) is 8.10.